The van der Waals surface area contributed by atoms with Gasteiger partial charge < -0.3 is 8.98 Å². The van der Waals surface area contributed by atoms with Crippen molar-refractivity contribution in [2.45, 2.75) is 0 Å². The van der Waals surface area contributed by atoms with Crippen molar-refractivity contribution in [2.24, 2.45) is 0 Å². The Labute approximate surface area is 205 Å². The van der Waals surface area contributed by atoms with E-state index in [0.29, 0.717) is 0 Å². The Balaban J connectivity index is 1.53. The molecule has 0 aliphatic carbocycles. The number of aromatic nitrogens is 1. The maximum atomic E-state index is 6.77. The second kappa shape index (κ2) is 7.08. The van der Waals surface area contributed by atoms with Crippen LogP contribution >= 0.6 is 11.3 Å². The molecule has 35 heavy (non-hydrogen) atoms. The lowest BCUT2D eigenvalue weighted by atomic mass is 9.98. The van der Waals surface area contributed by atoms with Crippen LogP contribution in [0.4, 0.5) is 0 Å². The standard InChI is InChI=1S/C32H19NOS/c1-2-10-20(11-3-1)33-26-17-6-4-12-23(26)32-30(33)25-16-8-15-22(31(25)34-32)21-14-9-19-28-29(21)24-13-5-7-18-27(24)35-28/h1-19H. The smallest absolute Gasteiger partial charge is 0.161 e. The number of para-hydroxylation sites is 3. The van der Waals surface area contributed by atoms with Gasteiger partial charge in [0.2, 0.25) is 0 Å². The number of hydrogen-bond acceptors (Lipinski definition) is 2. The highest BCUT2D eigenvalue weighted by molar-refractivity contribution is 7.25. The van der Waals surface area contributed by atoms with Gasteiger partial charge in [-0.1, -0.05) is 72.8 Å². The second-order valence-electron chi connectivity index (χ2n) is 8.93. The Morgan fingerprint density at radius 3 is 2.11 bits per heavy atom. The van der Waals surface area contributed by atoms with Gasteiger partial charge in [0.05, 0.1) is 5.52 Å². The summed E-state index contributed by atoms with van der Waals surface area (Å²) in [5.41, 5.74) is 7.65. The molecule has 0 atom stereocenters. The first-order valence-corrected chi connectivity index (χ1v) is 12.6. The molecule has 0 saturated carbocycles. The van der Waals surface area contributed by atoms with Gasteiger partial charge >= 0.3 is 0 Å². The lowest BCUT2D eigenvalue weighted by Gasteiger charge is -2.08. The highest BCUT2D eigenvalue weighted by Crippen LogP contribution is 2.45. The van der Waals surface area contributed by atoms with Crippen molar-refractivity contribution in [1.82, 2.24) is 4.57 Å². The maximum absolute atomic E-state index is 6.77. The van der Waals surface area contributed by atoms with Crippen LogP contribution in [0.3, 0.4) is 0 Å². The van der Waals surface area contributed by atoms with E-state index in [9.17, 15) is 0 Å². The molecule has 0 radical (unpaired) electrons. The van der Waals surface area contributed by atoms with Gasteiger partial charge in [-0.15, -0.1) is 11.3 Å². The number of rotatable bonds is 2. The zero-order chi connectivity index (χ0) is 22.9. The highest BCUT2D eigenvalue weighted by Gasteiger charge is 2.22. The Morgan fingerprint density at radius 2 is 1.20 bits per heavy atom. The Morgan fingerprint density at radius 1 is 0.514 bits per heavy atom. The highest BCUT2D eigenvalue weighted by atomic mass is 32.1. The fraction of sp³-hybridized carbons (Fsp3) is 0. The van der Waals surface area contributed by atoms with Crippen LogP contribution in [-0.2, 0) is 0 Å². The number of hydrogen-bond donors (Lipinski definition) is 0. The summed E-state index contributed by atoms with van der Waals surface area (Å²) in [4.78, 5) is 0. The molecule has 0 unspecified atom stereocenters. The summed E-state index contributed by atoms with van der Waals surface area (Å²) in [6, 6.07) is 40.9. The van der Waals surface area contributed by atoms with E-state index in [-0.39, 0.29) is 0 Å². The summed E-state index contributed by atoms with van der Waals surface area (Å²) in [5.74, 6) is 0. The van der Waals surface area contributed by atoms with E-state index in [4.69, 9.17) is 4.42 Å². The van der Waals surface area contributed by atoms with E-state index in [1.165, 1.54) is 25.7 Å². The van der Waals surface area contributed by atoms with E-state index in [0.717, 1.165) is 44.2 Å². The van der Waals surface area contributed by atoms with E-state index in [1.54, 1.807) is 0 Å². The van der Waals surface area contributed by atoms with E-state index >= 15 is 0 Å². The molecule has 164 valence electrons. The second-order valence-corrected chi connectivity index (χ2v) is 10.0. The lowest BCUT2D eigenvalue weighted by molar-refractivity contribution is 0.674. The summed E-state index contributed by atoms with van der Waals surface area (Å²) < 4.78 is 11.7. The van der Waals surface area contributed by atoms with Gasteiger partial charge in [0.15, 0.2) is 5.58 Å². The number of fused-ring (bicyclic) bond motifs is 8. The third-order valence-corrected chi connectivity index (χ3v) is 8.15. The van der Waals surface area contributed by atoms with E-state index in [1.807, 2.05) is 11.3 Å². The summed E-state index contributed by atoms with van der Waals surface area (Å²) in [6.07, 6.45) is 0. The van der Waals surface area contributed by atoms with Crippen molar-refractivity contribution in [2.75, 3.05) is 0 Å². The van der Waals surface area contributed by atoms with Crippen LogP contribution in [0.15, 0.2) is 120 Å². The molecular formula is C32H19NOS. The van der Waals surface area contributed by atoms with Gasteiger partial charge in [-0.2, -0.15) is 0 Å². The van der Waals surface area contributed by atoms with Crippen LogP contribution in [0.2, 0.25) is 0 Å². The molecule has 0 spiro atoms. The van der Waals surface area contributed by atoms with Crippen molar-refractivity contribution in [1.29, 1.82) is 0 Å². The van der Waals surface area contributed by atoms with Gasteiger partial charge in [-0.05, 0) is 48.0 Å². The van der Waals surface area contributed by atoms with Crippen LogP contribution in [-0.4, -0.2) is 4.57 Å². The molecule has 3 heterocycles. The third kappa shape index (κ3) is 2.59. The van der Waals surface area contributed by atoms with Crippen molar-refractivity contribution >= 4 is 64.5 Å². The molecule has 5 aromatic carbocycles. The summed E-state index contributed by atoms with van der Waals surface area (Å²) >= 11 is 1.85. The summed E-state index contributed by atoms with van der Waals surface area (Å²) in [6.45, 7) is 0. The normalized spacial score (nSPS) is 12.0. The Hall–Kier alpha value is -4.34. The van der Waals surface area contributed by atoms with Gasteiger partial charge in [-0.25, -0.2) is 0 Å². The number of benzene rings is 5. The monoisotopic (exact) mass is 465 g/mol. The number of nitrogens with zero attached hydrogens (tertiary/aromatic N) is 1. The summed E-state index contributed by atoms with van der Waals surface area (Å²) in [5, 5.41) is 4.87. The molecule has 3 heteroatoms. The van der Waals surface area contributed by atoms with Crippen molar-refractivity contribution in [3.8, 4) is 16.8 Å². The Kier molecular flexibility index (Phi) is 3.85. The average molecular weight is 466 g/mol. The molecule has 0 saturated heterocycles. The fourth-order valence-corrected chi connectivity index (χ4v) is 6.68. The SMILES string of the molecule is c1ccc(-n2c3ccccc3c3oc4c(-c5cccc6sc7ccccc7c56)cccc4c32)cc1. The van der Waals surface area contributed by atoms with Crippen LogP contribution < -0.4 is 0 Å². The molecule has 2 nitrogen and oxygen atoms in total. The molecule has 0 aliphatic rings. The zero-order valence-corrected chi connectivity index (χ0v) is 19.5. The average Bonchev–Trinajstić information content (AvgIpc) is 3.58. The number of furan rings is 1. The van der Waals surface area contributed by atoms with Crippen LogP contribution in [0.1, 0.15) is 0 Å². The molecule has 0 N–H and O–H groups in total. The number of thiophene rings is 1. The van der Waals surface area contributed by atoms with Crippen LogP contribution in [0, 0.1) is 0 Å². The molecule has 0 bridgehead atoms. The molecule has 0 aliphatic heterocycles. The zero-order valence-electron chi connectivity index (χ0n) is 18.7. The molecular weight excluding hydrogens is 446 g/mol. The fourth-order valence-electron chi connectivity index (χ4n) is 5.55. The van der Waals surface area contributed by atoms with E-state index < -0.39 is 0 Å². The van der Waals surface area contributed by atoms with E-state index in [2.05, 4.69) is 120 Å². The molecule has 8 rings (SSSR count). The van der Waals surface area contributed by atoms with Gasteiger partial charge in [-0.3, -0.25) is 0 Å². The predicted octanol–water partition coefficient (Wildman–Crippen LogP) is 9.56. The van der Waals surface area contributed by atoms with Crippen LogP contribution in [0.25, 0.3) is 70.0 Å². The first-order valence-electron chi connectivity index (χ1n) is 11.8. The van der Waals surface area contributed by atoms with Gasteiger partial charge in [0.25, 0.3) is 0 Å². The largest absolute Gasteiger partial charge is 0.453 e. The first kappa shape index (κ1) is 19.0. The van der Waals surface area contributed by atoms with Crippen molar-refractivity contribution in [3.63, 3.8) is 0 Å². The van der Waals surface area contributed by atoms with Crippen molar-refractivity contribution < 1.29 is 4.42 Å². The minimum atomic E-state index is 0.939. The quantitative estimate of drug-likeness (QED) is 0.248. The molecule has 3 aromatic heterocycles. The molecule has 8 aromatic rings. The van der Waals surface area contributed by atoms with Crippen LogP contribution in [0.5, 0.6) is 0 Å². The summed E-state index contributed by atoms with van der Waals surface area (Å²) in [7, 11) is 0. The lowest BCUT2D eigenvalue weighted by Crippen LogP contribution is -1.92. The molecule has 0 amide bonds. The first-order chi connectivity index (χ1) is 17.4. The Bertz CT molecular complexity index is 2060. The molecule has 0 fully saturated rings. The minimum Gasteiger partial charge on any atom is -0.453 e. The van der Waals surface area contributed by atoms with Gasteiger partial charge in [0, 0.05) is 42.2 Å². The predicted molar refractivity (Wildman–Crippen MR) is 149 cm³/mol. The van der Waals surface area contributed by atoms with Gasteiger partial charge in [0.1, 0.15) is 11.1 Å². The topological polar surface area (TPSA) is 18.1 Å². The third-order valence-electron chi connectivity index (χ3n) is 7.01. The minimum absolute atomic E-state index is 0.939. The van der Waals surface area contributed by atoms with Crippen molar-refractivity contribution in [3.05, 3.63) is 115 Å². The maximum Gasteiger partial charge on any atom is 0.161 e.